The summed E-state index contributed by atoms with van der Waals surface area (Å²) in [6.07, 6.45) is 1.78. The molecule has 0 saturated heterocycles. The third-order valence-electron chi connectivity index (χ3n) is 4.14. The van der Waals surface area contributed by atoms with Crippen LogP contribution in [0.4, 0.5) is 0 Å². The zero-order chi connectivity index (χ0) is 22.1. The lowest BCUT2D eigenvalue weighted by Crippen LogP contribution is -2.20. The standard InChI is InChI=1S/C22H25IN2O5/c1-5-29-21(27)13-30-22-18(23)9-16(10-19(22)28-4)12-24-25-20(26)11-17-7-6-14(2)8-15(17)3/h6-10,12H,5,11,13H2,1-4H3,(H,25,26)/b24-12+. The van der Waals surface area contributed by atoms with Crippen molar-refractivity contribution >= 4 is 40.7 Å². The van der Waals surface area contributed by atoms with Gasteiger partial charge in [-0.05, 0) is 72.2 Å². The summed E-state index contributed by atoms with van der Waals surface area (Å²) in [5.74, 6) is 0.248. The molecule has 2 aromatic carbocycles. The van der Waals surface area contributed by atoms with E-state index >= 15 is 0 Å². The zero-order valence-corrected chi connectivity index (χ0v) is 19.6. The number of hydrazone groups is 1. The molecule has 0 bridgehead atoms. The maximum atomic E-state index is 12.2. The average molecular weight is 524 g/mol. The Morgan fingerprint density at radius 1 is 1.20 bits per heavy atom. The Kier molecular flexibility index (Phi) is 9.10. The van der Waals surface area contributed by atoms with Gasteiger partial charge in [0.05, 0.1) is 29.9 Å². The zero-order valence-electron chi connectivity index (χ0n) is 17.5. The van der Waals surface area contributed by atoms with Crippen molar-refractivity contribution in [1.82, 2.24) is 5.43 Å². The van der Waals surface area contributed by atoms with E-state index in [1.165, 1.54) is 13.3 Å². The molecule has 8 heteroatoms. The molecule has 2 rings (SSSR count). The van der Waals surface area contributed by atoms with E-state index in [4.69, 9.17) is 14.2 Å². The molecule has 1 N–H and O–H groups in total. The van der Waals surface area contributed by atoms with Crippen LogP contribution in [0.5, 0.6) is 11.5 Å². The van der Waals surface area contributed by atoms with Gasteiger partial charge in [0.1, 0.15) is 0 Å². The summed E-state index contributed by atoms with van der Waals surface area (Å²) in [5.41, 5.74) is 6.46. The van der Waals surface area contributed by atoms with Crippen molar-refractivity contribution in [2.24, 2.45) is 5.10 Å². The summed E-state index contributed by atoms with van der Waals surface area (Å²) < 4.78 is 16.5. The number of halogens is 1. The highest BCUT2D eigenvalue weighted by Crippen LogP contribution is 2.33. The van der Waals surface area contributed by atoms with Crippen LogP contribution in [0.3, 0.4) is 0 Å². The largest absolute Gasteiger partial charge is 0.493 e. The topological polar surface area (TPSA) is 86.2 Å². The highest BCUT2D eigenvalue weighted by molar-refractivity contribution is 14.1. The maximum Gasteiger partial charge on any atom is 0.344 e. The first-order valence-corrected chi connectivity index (χ1v) is 10.5. The number of ether oxygens (including phenoxy) is 3. The van der Waals surface area contributed by atoms with Crippen LogP contribution in [-0.4, -0.2) is 38.4 Å². The van der Waals surface area contributed by atoms with Crippen LogP contribution in [0.1, 0.15) is 29.2 Å². The summed E-state index contributed by atoms with van der Waals surface area (Å²) in [6, 6.07) is 9.51. The molecule has 0 heterocycles. The van der Waals surface area contributed by atoms with Crippen molar-refractivity contribution in [3.8, 4) is 11.5 Å². The van der Waals surface area contributed by atoms with E-state index in [-0.39, 0.29) is 18.9 Å². The Labute approximate surface area is 189 Å². The van der Waals surface area contributed by atoms with E-state index in [1.807, 2.05) is 38.1 Å². The van der Waals surface area contributed by atoms with Crippen LogP contribution in [0.25, 0.3) is 0 Å². The molecule has 0 saturated carbocycles. The molecule has 0 aliphatic carbocycles. The van der Waals surface area contributed by atoms with Gasteiger partial charge in [0.15, 0.2) is 18.1 Å². The summed E-state index contributed by atoms with van der Waals surface area (Å²) in [7, 11) is 1.51. The molecule has 0 fully saturated rings. The number of hydrogen-bond acceptors (Lipinski definition) is 6. The number of amides is 1. The van der Waals surface area contributed by atoms with Crippen molar-refractivity contribution in [3.05, 3.63) is 56.2 Å². The van der Waals surface area contributed by atoms with Gasteiger partial charge >= 0.3 is 5.97 Å². The number of carbonyl (C=O) groups excluding carboxylic acids is 2. The molecule has 7 nitrogen and oxygen atoms in total. The quantitative estimate of drug-likeness (QED) is 0.235. The maximum absolute atomic E-state index is 12.2. The Morgan fingerprint density at radius 3 is 2.63 bits per heavy atom. The molecule has 0 unspecified atom stereocenters. The number of hydrogen-bond donors (Lipinski definition) is 1. The molecule has 0 atom stereocenters. The van der Waals surface area contributed by atoms with Crippen molar-refractivity contribution in [1.29, 1.82) is 0 Å². The molecule has 160 valence electrons. The number of aryl methyl sites for hydroxylation is 2. The minimum atomic E-state index is -0.451. The molecule has 0 spiro atoms. The van der Waals surface area contributed by atoms with Gasteiger partial charge in [0.2, 0.25) is 5.91 Å². The molecule has 30 heavy (non-hydrogen) atoms. The van der Waals surface area contributed by atoms with Gasteiger partial charge < -0.3 is 14.2 Å². The van der Waals surface area contributed by atoms with Crippen molar-refractivity contribution in [2.45, 2.75) is 27.2 Å². The first-order valence-electron chi connectivity index (χ1n) is 9.38. The van der Waals surface area contributed by atoms with Crippen LogP contribution >= 0.6 is 22.6 Å². The highest BCUT2D eigenvalue weighted by atomic mass is 127. The normalized spacial score (nSPS) is 10.7. The minimum absolute atomic E-state index is 0.200. The van der Waals surface area contributed by atoms with Crippen molar-refractivity contribution in [3.63, 3.8) is 0 Å². The molecular weight excluding hydrogens is 499 g/mol. The van der Waals surface area contributed by atoms with E-state index < -0.39 is 5.97 Å². The van der Waals surface area contributed by atoms with Gasteiger partial charge in [0.25, 0.3) is 0 Å². The van der Waals surface area contributed by atoms with E-state index in [0.29, 0.717) is 23.7 Å². The molecule has 1 amide bonds. The monoisotopic (exact) mass is 524 g/mol. The fraction of sp³-hybridized carbons (Fsp3) is 0.318. The molecule has 2 aromatic rings. The van der Waals surface area contributed by atoms with Gasteiger partial charge in [-0.25, -0.2) is 10.2 Å². The van der Waals surface area contributed by atoms with E-state index in [0.717, 1.165) is 20.3 Å². The third-order valence-corrected chi connectivity index (χ3v) is 4.94. The first-order chi connectivity index (χ1) is 14.3. The van der Waals surface area contributed by atoms with Crippen molar-refractivity contribution in [2.75, 3.05) is 20.3 Å². The Balaban J connectivity index is 2.01. The highest BCUT2D eigenvalue weighted by Gasteiger charge is 2.13. The van der Waals surface area contributed by atoms with Crippen LogP contribution in [0, 0.1) is 17.4 Å². The SMILES string of the molecule is CCOC(=O)COc1c(I)cc(/C=N/NC(=O)Cc2ccc(C)cc2C)cc1OC. The van der Waals surface area contributed by atoms with E-state index in [2.05, 4.69) is 33.1 Å². The number of carbonyl (C=O) groups is 2. The van der Waals surface area contributed by atoms with Gasteiger partial charge in [-0.15, -0.1) is 0 Å². The van der Waals surface area contributed by atoms with Crippen LogP contribution < -0.4 is 14.9 Å². The fourth-order valence-electron chi connectivity index (χ4n) is 2.72. The lowest BCUT2D eigenvalue weighted by atomic mass is 10.0. The summed E-state index contributed by atoms with van der Waals surface area (Å²) in [4.78, 5) is 23.7. The molecule has 0 aliphatic heterocycles. The number of methoxy groups -OCH3 is 1. The van der Waals surface area contributed by atoms with Crippen LogP contribution in [0.2, 0.25) is 0 Å². The van der Waals surface area contributed by atoms with Crippen LogP contribution in [-0.2, 0) is 20.7 Å². The van der Waals surface area contributed by atoms with Gasteiger partial charge in [-0.2, -0.15) is 5.10 Å². The van der Waals surface area contributed by atoms with Crippen LogP contribution in [0.15, 0.2) is 35.4 Å². The lowest BCUT2D eigenvalue weighted by Gasteiger charge is -2.13. The van der Waals surface area contributed by atoms with Crippen molar-refractivity contribution < 1.29 is 23.8 Å². The third kappa shape index (κ3) is 7.01. The van der Waals surface area contributed by atoms with E-state index in [1.54, 1.807) is 13.0 Å². The number of rotatable bonds is 9. The average Bonchev–Trinajstić information content (AvgIpc) is 2.69. The number of benzene rings is 2. The summed E-state index contributed by atoms with van der Waals surface area (Å²) in [5, 5.41) is 4.03. The Bertz CT molecular complexity index is 943. The molecule has 0 aromatic heterocycles. The number of nitrogens with zero attached hydrogens (tertiary/aromatic N) is 1. The summed E-state index contributed by atoms with van der Waals surface area (Å²) in [6.45, 7) is 5.82. The van der Waals surface area contributed by atoms with E-state index in [9.17, 15) is 9.59 Å². The minimum Gasteiger partial charge on any atom is -0.493 e. The number of esters is 1. The smallest absolute Gasteiger partial charge is 0.344 e. The van der Waals surface area contributed by atoms with Gasteiger partial charge in [0, 0.05) is 0 Å². The Hall–Kier alpha value is -2.62. The summed E-state index contributed by atoms with van der Waals surface area (Å²) >= 11 is 2.08. The first kappa shape index (κ1) is 23.7. The fourth-order valence-corrected chi connectivity index (χ4v) is 3.50. The molecule has 0 aliphatic rings. The van der Waals surface area contributed by atoms with Gasteiger partial charge in [-0.1, -0.05) is 23.8 Å². The number of nitrogens with one attached hydrogen (secondary N) is 1. The predicted molar refractivity (Wildman–Crippen MR) is 123 cm³/mol. The van der Waals surface area contributed by atoms with Gasteiger partial charge in [-0.3, -0.25) is 4.79 Å². The lowest BCUT2D eigenvalue weighted by molar-refractivity contribution is -0.145. The molecular formula is C22H25IN2O5. The second kappa shape index (κ2) is 11.5. The second-order valence-corrected chi connectivity index (χ2v) is 7.69. The second-order valence-electron chi connectivity index (χ2n) is 6.53. The predicted octanol–water partition coefficient (Wildman–Crippen LogP) is 3.55. The Morgan fingerprint density at radius 2 is 1.97 bits per heavy atom. The molecule has 0 radical (unpaired) electrons.